The molecule has 0 aliphatic carbocycles. The molecule has 0 atom stereocenters. The molecule has 3 aromatic heterocycles. The van der Waals surface area contributed by atoms with Crippen molar-refractivity contribution in [3.05, 3.63) is 40.9 Å². The van der Waals surface area contributed by atoms with Crippen molar-refractivity contribution in [1.82, 2.24) is 24.9 Å². The minimum absolute atomic E-state index is 0.777. The van der Waals surface area contributed by atoms with Crippen LogP contribution in [-0.2, 0) is 13.1 Å². The molecule has 3 heterocycles. The summed E-state index contributed by atoms with van der Waals surface area (Å²) >= 11 is 1.65. The Morgan fingerprint density at radius 2 is 2.41 bits per heavy atom. The monoisotopic (exact) mass is 247 g/mol. The van der Waals surface area contributed by atoms with Crippen LogP contribution in [0.4, 0.5) is 0 Å². The third-order valence-corrected chi connectivity index (χ3v) is 3.47. The topological polar surface area (TPSA) is 58.0 Å². The highest BCUT2D eigenvalue weighted by Crippen LogP contribution is 2.11. The van der Waals surface area contributed by atoms with Crippen LogP contribution in [0.25, 0.3) is 4.96 Å². The number of aromatic nitrogens is 4. The lowest BCUT2D eigenvalue weighted by molar-refractivity contribution is 0.680. The Morgan fingerprint density at radius 3 is 3.18 bits per heavy atom. The number of nitrogens with zero attached hydrogens (tertiary/aromatic N) is 3. The van der Waals surface area contributed by atoms with Crippen LogP contribution in [0.1, 0.15) is 17.0 Å². The molecule has 3 aromatic rings. The Morgan fingerprint density at radius 1 is 1.47 bits per heavy atom. The summed E-state index contributed by atoms with van der Waals surface area (Å²) in [5.74, 6) is 0. The van der Waals surface area contributed by atoms with E-state index in [9.17, 15) is 0 Å². The lowest BCUT2D eigenvalue weighted by atomic mass is 10.2. The van der Waals surface area contributed by atoms with E-state index in [1.165, 1.54) is 5.56 Å². The molecule has 6 heteroatoms. The number of H-pyrrole nitrogens is 1. The maximum absolute atomic E-state index is 4.51. The van der Waals surface area contributed by atoms with Gasteiger partial charge in [0.1, 0.15) is 0 Å². The standard InChI is InChI=1S/C11H13N5S/c1-8-9(5-13-15-8)4-12-6-10-7-16-2-3-17-11(16)14-10/h2-3,5,7,12H,4,6H2,1H3,(H,13,15). The lowest BCUT2D eigenvalue weighted by Crippen LogP contribution is -2.13. The Bertz CT molecular complexity index is 592. The van der Waals surface area contributed by atoms with Crippen LogP contribution in [0.15, 0.2) is 24.0 Å². The van der Waals surface area contributed by atoms with Crippen LogP contribution in [-0.4, -0.2) is 19.6 Å². The van der Waals surface area contributed by atoms with Crippen molar-refractivity contribution in [3.8, 4) is 0 Å². The molecule has 2 N–H and O–H groups in total. The first-order valence-electron chi connectivity index (χ1n) is 5.43. The average molecular weight is 247 g/mol. The SMILES string of the molecule is Cc1[nH]ncc1CNCc1cn2ccsc2n1. The van der Waals surface area contributed by atoms with E-state index >= 15 is 0 Å². The van der Waals surface area contributed by atoms with Gasteiger partial charge >= 0.3 is 0 Å². The normalized spacial score (nSPS) is 11.4. The minimum Gasteiger partial charge on any atom is -0.307 e. The van der Waals surface area contributed by atoms with Gasteiger partial charge in [-0.05, 0) is 6.92 Å². The van der Waals surface area contributed by atoms with Crippen molar-refractivity contribution in [2.45, 2.75) is 20.0 Å². The van der Waals surface area contributed by atoms with Crippen LogP contribution < -0.4 is 5.32 Å². The van der Waals surface area contributed by atoms with Gasteiger partial charge in [0.25, 0.3) is 0 Å². The Labute approximate surface area is 103 Å². The van der Waals surface area contributed by atoms with Gasteiger partial charge in [-0.3, -0.25) is 9.50 Å². The van der Waals surface area contributed by atoms with E-state index in [-0.39, 0.29) is 0 Å². The quantitative estimate of drug-likeness (QED) is 0.738. The molecular formula is C11H13N5S. The van der Waals surface area contributed by atoms with Crippen LogP contribution >= 0.6 is 11.3 Å². The van der Waals surface area contributed by atoms with Crippen LogP contribution in [0.3, 0.4) is 0 Å². The van der Waals surface area contributed by atoms with Crippen LogP contribution in [0, 0.1) is 6.92 Å². The van der Waals surface area contributed by atoms with E-state index in [1.54, 1.807) is 11.3 Å². The van der Waals surface area contributed by atoms with Gasteiger partial charge in [-0.25, -0.2) is 4.98 Å². The number of fused-ring (bicyclic) bond motifs is 1. The van der Waals surface area contributed by atoms with E-state index in [0.29, 0.717) is 0 Å². The summed E-state index contributed by atoms with van der Waals surface area (Å²) < 4.78 is 2.05. The molecular weight excluding hydrogens is 234 g/mol. The second-order valence-electron chi connectivity index (χ2n) is 3.95. The number of aryl methyl sites for hydroxylation is 1. The number of imidazole rings is 1. The molecule has 0 spiro atoms. The number of hydrogen-bond acceptors (Lipinski definition) is 4. The predicted octanol–water partition coefficient (Wildman–Crippen LogP) is 1.72. The van der Waals surface area contributed by atoms with Gasteiger partial charge in [0.15, 0.2) is 4.96 Å². The number of hydrogen-bond donors (Lipinski definition) is 2. The summed E-state index contributed by atoms with van der Waals surface area (Å²) in [6.07, 6.45) is 5.94. The van der Waals surface area contributed by atoms with Gasteiger partial charge in [-0.15, -0.1) is 11.3 Å². The summed E-state index contributed by atoms with van der Waals surface area (Å²) in [6.45, 7) is 3.61. The highest BCUT2D eigenvalue weighted by Gasteiger charge is 2.03. The second kappa shape index (κ2) is 4.31. The third-order valence-electron chi connectivity index (χ3n) is 2.70. The third kappa shape index (κ3) is 2.09. The molecule has 0 fully saturated rings. The Balaban J connectivity index is 1.61. The van der Waals surface area contributed by atoms with E-state index in [1.807, 2.05) is 29.1 Å². The predicted molar refractivity (Wildman–Crippen MR) is 66.9 cm³/mol. The molecule has 0 aromatic carbocycles. The van der Waals surface area contributed by atoms with Gasteiger partial charge in [-0.2, -0.15) is 5.10 Å². The van der Waals surface area contributed by atoms with Crippen molar-refractivity contribution in [3.63, 3.8) is 0 Å². The Hall–Kier alpha value is -1.66. The number of rotatable bonds is 4. The Kier molecular flexibility index (Phi) is 2.66. The van der Waals surface area contributed by atoms with Crippen LogP contribution in [0.5, 0.6) is 0 Å². The van der Waals surface area contributed by atoms with Gasteiger partial charge in [0.2, 0.25) is 0 Å². The average Bonchev–Trinajstić information content (AvgIpc) is 2.95. The zero-order valence-electron chi connectivity index (χ0n) is 9.47. The first-order chi connectivity index (χ1) is 8.33. The minimum atomic E-state index is 0.777. The number of aromatic amines is 1. The number of thiazole rings is 1. The fraction of sp³-hybridized carbons (Fsp3) is 0.273. The first kappa shape index (κ1) is 10.5. The van der Waals surface area contributed by atoms with Crippen molar-refractivity contribution >= 4 is 16.3 Å². The zero-order valence-corrected chi connectivity index (χ0v) is 10.3. The summed E-state index contributed by atoms with van der Waals surface area (Å²) in [6, 6.07) is 0. The van der Waals surface area contributed by atoms with Crippen molar-refractivity contribution in [2.24, 2.45) is 0 Å². The maximum atomic E-state index is 4.51. The van der Waals surface area contributed by atoms with E-state index in [2.05, 4.69) is 26.7 Å². The fourth-order valence-corrected chi connectivity index (χ4v) is 2.46. The zero-order chi connectivity index (χ0) is 11.7. The molecule has 0 aliphatic heterocycles. The highest BCUT2D eigenvalue weighted by atomic mass is 32.1. The largest absolute Gasteiger partial charge is 0.307 e. The summed E-state index contributed by atoms with van der Waals surface area (Å²) in [5, 5.41) is 12.3. The van der Waals surface area contributed by atoms with Gasteiger partial charge in [0.05, 0.1) is 11.9 Å². The van der Waals surface area contributed by atoms with Crippen molar-refractivity contribution in [1.29, 1.82) is 0 Å². The van der Waals surface area contributed by atoms with Crippen molar-refractivity contribution < 1.29 is 0 Å². The maximum Gasteiger partial charge on any atom is 0.193 e. The molecule has 17 heavy (non-hydrogen) atoms. The molecule has 0 unspecified atom stereocenters. The van der Waals surface area contributed by atoms with E-state index < -0.39 is 0 Å². The highest BCUT2D eigenvalue weighted by molar-refractivity contribution is 7.15. The molecule has 0 amide bonds. The summed E-state index contributed by atoms with van der Waals surface area (Å²) in [7, 11) is 0. The molecule has 88 valence electrons. The second-order valence-corrected chi connectivity index (χ2v) is 4.82. The summed E-state index contributed by atoms with van der Waals surface area (Å²) in [5.41, 5.74) is 3.38. The lowest BCUT2D eigenvalue weighted by Gasteiger charge is -2.00. The van der Waals surface area contributed by atoms with Crippen molar-refractivity contribution in [2.75, 3.05) is 0 Å². The fourth-order valence-electron chi connectivity index (χ4n) is 1.74. The molecule has 0 saturated heterocycles. The van der Waals surface area contributed by atoms with Crippen LogP contribution in [0.2, 0.25) is 0 Å². The van der Waals surface area contributed by atoms with Gasteiger partial charge in [0, 0.05) is 42.1 Å². The molecule has 0 saturated carbocycles. The molecule has 0 radical (unpaired) electrons. The number of nitrogens with one attached hydrogen (secondary N) is 2. The molecule has 5 nitrogen and oxygen atoms in total. The van der Waals surface area contributed by atoms with Gasteiger partial charge in [-0.1, -0.05) is 0 Å². The summed E-state index contributed by atoms with van der Waals surface area (Å²) in [4.78, 5) is 5.55. The molecule has 0 bridgehead atoms. The molecule has 0 aliphatic rings. The first-order valence-corrected chi connectivity index (χ1v) is 6.31. The molecule has 3 rings (SSSR count). The van der Waals surface area contributed by atoms with E-state index in [4.69, 9.17) is 0 Å². The van der Waals surface area contributed by atoms with Gasteiger partial charge < -0.3 is 5.32 Å². The van der Waals surface area contributed by atoms with E-state index in [0.717, 1.165) is 29.4 Å². The smallest absolute Gasteiger partial charge is 0.193 e.